The van der Waals surface area contributed by atoms with E-state index in [1.807, 2.05) is 0 Å². The summed E-state index contributed by atoms with van der Waals surface area (Å²) in [5, 5.41) is 0. The molecule has 3 aliphatic heterocycles. The van der Waals surface area contributed by atoms with Gasteiger partial charge < -0.3 is 30.0 Å². The van der Waals surface area contributed by atoms with Crippen molar-refractivity contribution >= 4 is 43.8 Å². The number of nitrogens with zero attached hydrogens (tertiary/aromatic N) is 7. The Bertz CT molecular complexity index is 1810. The standard InChI is InChI=1S/C20H23N9O11P2/c21-17-15-18(23-5-22-17)28(7-26-15)13-1-9-11(37-13)3-35-42(33,34)40-10-2-14(38-12(10)4-36-41(31,32)39-9)29-8-27-16-19(29)24-6-25-20(16)30/h5-14H,1-4H2,(H,31,32)(H,33,34)(H2,21,22,23)(H,24,25,30)/t9-,10-,11?,12?,13?,14?/m0/s1. The fourth-order valence-electron chi connectivity index (χ4n) is 5.16. The Morgan fingerprint density at radius 2 is 1.36 bits per heavy atom. The maximum atomic E-state index is 13.0. The van der Waals surface area contributed by atoms with E-state index in [0.29, 0.717) is 11.2 Å². The molecule has 0 saturated carbocycles. The molecule has 3 saturated heterocycles. The molecule has 4 aromatic rings. The highest BCUT2D eigenvalue weighted by molar-refractivity contribution is 7.47. The van der Waals surface area contributed by atoms with Crippen LogP contribution in [0.15, 0.2) is 30.1 Å². The number of nitrogen functional groups attached to an aromatic ring is 1. The number of phosphoric acid groups is 2. The molecule has 224 valence electrons. The first-order valence-corrected chi connectivity index (χ1v) is 15.5. The Labute approximate surface area is 234 Å². The number of anilines is 1. The Morgan fingerprint density at radius 1 is 0.810 bits per heavy atom. The van der Waals surface area contributed by atoms with Crippen LogP contribution in [0.2, 0.25) is 0 Å². The van der Waals surface area contributed by atoms with Crippen LogP contribution in [-0.2, 0) is 36.7 Å². The lowest BCUT2D eigenvalue weighted by Crippen LogP contribution is -2.32. The van der Waals surface area contributed by atoms with Gasteiger partial charge in [-0.25, -0.2) is 34.0 Å². The molecule has 7 heterocycles. The lowest BCUT2D eigenvalue weighted by molar-refractivity contribution is -0.0661. The van der Waals surface area contributed by atoms with Gasteiger partial charge in [-0.2, -0.15) is 0 Å². The molecule has 0 aromatic carbocycles. The summed E-state index contributed by atoms with van der Waals surface area (Å²) < 4.78 is 62.2. The smallest absolute Gasteiger partial charge is 0.382 e. The normalized spacial score (nSPS) is 36.0. The van der Waals surface area contributed by atoms with Gasteiger partial charge in [0.2, 0.25) is 0 Å². The fraction of sp³-hybridized carbons (Fsp3) is 0.500. The van der Waals surface area contributed by atoms with Gasteiger partial charge in [0.1, 0.15) is 48.7 Å². The molecular formula is C20H23N9O11P2. The van der Waals surface area contributed by atoms with Crippen LogP contribution in [0.25, 0.3) is 22.3 Å². The summed E-state index contributed by atoms with van der Waals surface area (Å²) in [6.45, 7) is -1.10. The zero-order valence-electron chi connectivity index (χ0n) is 21.3. The SMILES string of the molecule is Nc1ncnc2c1ncn2C1C[C@@H]2OP(=O)(O)OCC3OC(n4cnc5c(=O)[nH]cnc54)C[C@@H]3OP(=O)(O)OCC2O1. The van der Waals surface area contributed by atoms with Gasteiger partial charge in [0, 0.05) is 12.8 Å². The summed E-state index contributed by atoms with van der Waals surface area (Å²) in [6.07, 6.45) is -1.03. The number of phosphoric ester groups is 2. The Kier molecular flexibility index (Phi) is 6.74. The fourth-order valence-corrected chi connectivity index (χ4v) is 7.08. The third-order valence-corrected chi connectivity index (χ3v) is 9.10. The van der Waals surface area contributed by atoms with E-state index >= 15 is 0 Å². The van der Waals surface area contributed by atoms with Crippen molar-refractivity contribution in [3.8, 4) is 0 Å². The molecule has 0 radical (unpaired) electrons. The van der Waals surface area contributed by atoms with Crippen LogP contribution in [-0.4, -0.2) is 86.5 Å². The predicted molar refractivity (Wildman–Crippen MR) is 136 cm³/mol. The number of fused-ring (bicyclic) bond motifs is 4. The van der Waals surface area contributed by atoms with Gasteiger partial charge in [-0.1, -0.05) is 0 Å². The van der Waals surface area contributed by atoms with Gasteiger partial charge in [0.15, 0.2) is 22.6 Å². The summed E-state index contributed by atoms with van der Waals surface area (Å²) in [5.74, 6) is 0.149. The lowest BCUT2D eigenvalue weighted by Gasteiger charge is -2.26. The van der Waals surface area contributed by atoms with Gasteiger partial charge in [0.25, 0.3) is 5.56 Å². The molecule has 6 unspecified atom stereocenters. The van der Waals surface area contributed by atoms with Gasteiger partial charge in [0.05, 0.1) is 32.2 Å². The number of nitrogens with two attached hydrogens (primary N) is 1. The van der Waals surface area contributed by atoms with E-state index in [4.69, 9.17) is 33.3 Å². The predicted octanol–water partition coefficient (Wildman–Crippen LogP) is 0.135. The van der Waals surface area contributed by atoms with E-state index in [0.717, 1.165) is 0 Å². The minimum absolute atomic E-state index is 0.00163. The van der Waals surface area contributed by atoms with Crippen LogP contribution in [0.3, 0.4) is 0 Å². The van der Waals surface area contributed by atoms with Crippen molar-refractivity contribution in [1.82, 2.24) is 39.0 Å². The number of H-pyrrole nitrogens is 1. The molecule has 7 rings (SSSR count). The summed E-state index contributed by atoms with van der Waals surface area (Å²) in [6, 6.07) is 0. The highest BCUT2D eigenvalue weighted by Gasteiger charge is 2.47. The van der Waals surface area contributed by atoms with Crippen molar-refractivity contribution in [2.75, 3.05) is 18.9 Å². The van der Waals surface area contributed by atoms with Crippen molar-refractivity contribution in [2.45, 2.75) is 49.7 Å². The summed E-state index contributed by atoms with van der Waals surface area (Å²) in [5.41, 5.74) is 6.30. The van der Waals surface area contributed by atoms with E-state index < -0.39 is 71.3 Å². The second-order valence-corrected chi connectivity index (χ2v) is 12.5. The molecule has 20 nitrogen and oxygen atoms in total. The van der Waals surface area contributed by atoms with Gasteiger partial charge >= 0.3 is 15.6 Å². The zero-order chi connectivity index (χ0) is 29.2. The molecule has 0 bridgehead atoms. The molecule has 3 aliphatic rings. The highest BCUT2D eigenvalue weighted by atomic mass is 31.2. The van der Waals surface area contributed by atoms with Crippen LogP contribution >= 0.6 is 15.6 Å². The first-order chi connectivity index (χ1) is 20.1. The van der Waals surface area contributed by atoms with Crippen LogP contribution in [0.1, 0.15) is 25.3 Å². The minimum Gasteiger partial charge on any atom is -0.382 e. The topological polar surface area (TPSA) is 263 Å². The molecule has 0 aliphatic carbocycles. The number of hydrogen-bond donors (Lipinski definition) is 4. The molecule has 22 heteroatoms. The third-order valence-electron chi connectivity index (χ3n) is 7.07. The summed E-state index contributed by atoms with van der Waals surface area (Å²) in [7, 11) is -9.45. The Morgan fingerprint density at radius 3 is 1.95 bits per heavy atom. The van der Waals surface area contributed by atoms with Crippen LogP contribution < -0.4 is 11.3 Å². The molecule has 5 N–H and O–H groups in total. The van der Waals surface area contributed by atoms with E-state index in [1.54, 1.807) is 0 Å². The second kappa shape index (κ2) is 10.2. The van der Waals surface area contributed by atoms with E-state index in [9.17, 15) is 23.7 Å². The van der Waals surface area contributed by atoms with E-state index in [-0.39, 0.29) is 29.8 Å². The third kappa shape index (κ3) is 5.05. The van der Waals surface area contributed by atoms with Crippen molar-refractivity contribution in [3.05, 3.63) is 35.7 Å². The monoisotopic (exact) mass is 627 g/mol. The van der Waals surface area contributed by atoms with Crippen molar-refractivity contribution in [3.63, 3.8) is 0 Å². The van der Waals surface area contributed by atoms with Crippen LogP contribution in [0.5, 0.6) is 0 Å². The number of ether oxygens (including phenoxy) is 2. The number of hydrogen-bond acceptors (Lipinski definition) is 15. The maximum absolute atomic E-state index is 13.0. The average Bonchev–Trinajstić information content (AvgIpc) is 3.71. The quantitative estimate of drug-likeness (QED) is 0.215. The lowest BCUT2D eigenvalue weighted by atomic mass is 10.2. The number of rotatable bonds is 2. The number of aromatic nitrogens is 8. The van der Waals surface area contributed by atoms with Crippen LogP contribution in [0, 0.1) is 0 Å². The molecule has 4 aromatic heterocycles. The second-order valence-electron chi connectivity index (χ2n) is 9.68. The number of nitrogens with one attached hydrogen (secondary N) is 1. The molecule has 0 spiro atoms. The molecule has 0 amide bonds. The van der Waals surface area contributed by atoms with Crippen molar-refractivity contribution < 1.29 is 46.5 Å². The van der Waals surface area contributed by atoms with Gasteiger partial charge in [-0.3, -0.25) is 32.0 Å². The first-order valence-electron chi connectivity index (χ1n) is 12.5. The zero-order valence-corrected chi connectivity index (χ0v) is 23.1. The van der Waals surface area contributed by atoms with Gasteiger partial charge in [-0.05, 0) is 0 Å². The largest absolute Gasteiger partial charge is 0.472 e. The minimum atomic E-state index is -4.73. The van der Waals surface area contributed by atoms with Gasteiger partial charge in [-0.15, -0.1) is 0 Å². The number of aromatic amines is 1. The number of imidazole rings is 2. The highest BCUT2D eigenvalue weighted by Crippen LogP contribution is 2.53. The maximum Gasteiger partial charge on any atom is 0.472 e. The summed E-state index contributed by atoms with van der Waals surface area (Å²) >= 11 is 0. The van der Waals surface area contributed by atoms with Crippen molar-refractivity contribution in [2.24, 2.45) is 0 Å². The Balaban J connectivity index is 1.13. The Hall–Kier alpha value is -3.16. The van der Waals surface area contributed by atoms with E-state index in [1.165, 1.54) is 34.4 Å². The molecule has 42 heavy (non-hydrogen) atoms. The summed E-state index contributed by atoms with van der Waals surface area (Å²) in [4.78, 5) is 56.0. The van der Waals surface area contributed by atoms with Crippen LogP contribution in [0.4, 0.5) is 5.82 Å². The molecule has 3 fully saturated rings. The first kappa shape index (κ1) is 27.7. The average molecular weight is 627 g/mol. The molecule has 8 atom stereocenters. The molecular weight excluding hydrogens is 604 g/mol. The van der Waals surface area contributed by atoms with E-state index in [2.05, 4.69) is 29.9 Å². The van der Waals surface area contributed by atoms with Crippen molar-refractivity contribution in [1.29, 1.82) is 0 Å².